The van der Waals surface area contributed by atoms with E-state index >= 15 is 0 Å². The molecule has 0 aromatic rings. The van der Waals surface area contributed by atoms with Crippen LogP contribution in [-0.4, -0.2) is 22.9 Å². The first-order valence-electron chi connectivity index (χ1n) is 6.58. The number of nitrogens with zero attached hydrogens (tertiary/aromatic N) is 2. The second-order valence-corrected chi connectivity index (χ2v) is 6.57. The molecule has 0 rings (SSSR count). The van der Waals surface area contributed by atoms with Gasteiger partial charge in [0, 0.05) is 17.4 Å². The molecule has 0 bridgehead atoms. The van der Waals surface area contributed by atoms with E-state index < -0.39 is 11.0 Å². The van der Waals surface area contributed by atoms with Crippen molar-refractivity contribution >= 4 is 5.78 Å². The maximum absolute atomic E-state index is 11.9. The highest BCUT2D eigenvalue weighted by Crippen LogP contribution is 2.49. The lowest BCUT2D eigenvalue weighted by Gasteiger charge is -2.53. The lowest BCUT2D eigenvalue weighted by molar-refractivity contribution is -0.140. The Balaban J connectivity index is 5.55. The zero-order valence-corrected chi connectivity index (χ0v) is 13.1. The van der Waals surface area contributed by atoms with E-state index in [1.165, 1.54) is 0 Å². The largest absolute Gasteiger partial charge is 0.299 e. The highest BCUT2D eigenvalue weighted by atomic mass is 16.3. The molecule has 0 aromatic heterocycles. The molecule has 0 amide bonds. The highest BCUT2D eigenvalue weighted by Gasteiger charge is 2.53. The van der Waals surface area contributed by atoms with E-state index in [1.54, 1.807) is 11.9 Å². The number of rotatable bonds is 7. The van der Waals surface area contributed by atoms with Crippen molar-refractivity contribution in [3.63, 3.8) is 0 Å². The maximum Gasteiger partial charge on any atom is 0.136 e. The summed E-state index contributed by atoms with van der Waals surface area (Å²) < 4.78 is 0. The summed E-state index contributed by atoms with van der Waals surface area (Å²) in [5, 5.41) is 4.73. The predicted molar refractivity (Wildman–Crippen MR) is 75.1 cm³/mol. The van der Waals surface area contributed by atoms with Gasteiger partial charge in [-0.05, 0) is 27.2 Å². The number of carbonyl (C=O) groups excluding carboxylic acids is 1. The van der Waals surface area contributed by atoms with Crippen LogP contribution in [-0.2, 0) is 4.79 Å². The van der Waals surface area contributed by atoms with E-state index in [0.717, 1.165) is 6.42 Å². The van der Waals surface area contributed by atoms with Crippen LogP contribution in [0.3, 0.4) is 0 Å². The van der Waals surface area contributed by atoms with Gasteiger partial charge in [0.2, 0.25) is 0 Å². The van der Waals surface area contributed by atoms with Gasteiger partial charge in [0.05, 0.1) is 10.8 Å². The lowest BCUT2D eigenvalue weighted by Crippen LogP contribution is -2.59. The van der Waals surface area contributed by atoms with Crippen LogP contribution in [0.15, 0.2) is 5.29 Å². The SMILES string of the molecule is CCCN(N=O)C(C)(C)C(C)(C)C(C)(C)C(C)=O. The van der Waals surface area contributed by atoms with Crippen molar-refractivity contribution in [1.29, 1.82) is 0 Å². The first-order chi connectivity index (χ1) is 7.96. The average molecular weight is 256 g/mol. The first kappa shape index (κ1) is 17.1. The van der Waals surface area contributed by atoms with Crippen molar-refractivity contribution < 1.29 is 4.79 Å². The molecule has 0 spiro atoms. The van der Waals surface area contributed by atoms with E-state index in [4.69, 9.17) is 0 Å². The molecule has 0 atom stereocenters. The van der Waals surface area contributed by atoms with Crippen LogP contribution >= 0.6 is 0 Å². The minimum absolute atomic E-state index is 0.128. The summed E-state index contributed by atoms with van der Waals surface area (Å²) in [6.07, 6.45) is 0.853. The molecule has 4 nitrogen and oxygen atoms in total. The third kappa shape index (κ3) is 2.57. The van der Waals surface area contributed by atoms with Gasteiger partial charge in [-0.25, -0.2) is 0 Å². The van der Waals surface area contributed by atoms with Gasteiger partial charge in [-0.15, -0.1) is 4.91 Å². The van der Waals surface area contributed by atoms with Gasteiger partial charge in [-0.3, -0.25) is 9.80 Å². The summed E-state index contributed by atoms with van der Waals surface area (Å²) in [6.45, 7) is 16.1. The fourth-order valence-electron chi connectivity index (χ4n) is 2.16. The molecule has 0 N–H and O–H groups in total. The van der Waals surface area contributed by atoms with Crippen LogP contribution in [0.4, 0.5) is 0 Å². The quantitative estimate of drug-likeness (QED) is 0.514. The molecule has 0 heterocycles. The summed E-state index contributed by atoms with van der Waals surface area (Å²) in [5.74, 6) is 0.128. The summed E-state index contributed by atoms with van der Waals surface area (Å²) >= 11 is 0. The Hall–Kier alpha value is -0.930. The van der Waals surface area contributed by atoms with E-state index in [0.29, 0.717) is 6.54 Å². The smallest absolute Gasteiger partial charge is 0.136 e. The van der Waals surface area contributed by atoms with Gasteiger partial charge < -0.3 is 0 Å². The molecule has 0 saturated heterocycles. The Morgan fingerprint density at radius 2 is 1.56 bits per heavy atom. The monoisotopic (exact) mass is 256 g/mol. The molecule has 0 aromatic carbocycles. The molecule has 0 fully saturated rings. The van der Waals surface area contributed by atoms with E-state index in [2.05, 4.69) is 5.29 Å². The molecule has 0 radical (unpaired) electrons. The summed E-state index contributed by atoms with van der Waals surface area (Å²) in [7, 11) is 0. The van der Waals surface area contributed by atoms with Gasteiger partial charge in [0.25, 0.3) is 0 Å². The van der Waals surface area contributed by atoms with Crippen LogP contribution in [0, 0.1) is 15.7 Å². The van der Waals surface area contributed by atoms with Gasteiger partial charge in [-0.2, -0.15) is 0 Å². The molecule has 0 saturated carbocycles. The van der Waals surface area contributed by atoms with Gasteiger partial charge >= 0.3 is 0 Å². The zero-order valence-electron chi connectivity index (χ0n) is 13.1. The zero-order chi connectivity index (χ0) is 14.8. The van der Waals surface area contributed by atoms with E-state index in [-0.39, 0.29) is 11.2 Å². The summed E-state index contributed by atoms with van der Waals surface area (Å²) in [6, 6.07) is 0. The summed E-state index contributed by atoms with van der Waals surface area (Å²) in [5.41, 5.74) is -1.39. The van der Waals surface area contributed by atoms with Crippen molar-refractivity contribution in [2.24, 2.45) is 16.1 Å². The van der Waals surface area contributed by atoms with Crippen molar-refractivity contribution in [2.75, 3.05) is 6.54 Å². The molecular weight excluding hydrogens is 228 g/mol. The maximum atomic E-state index is 11.9. The van der Waals surface area contributed by atoms with Crippen LogP contribution in [0.25, 0.3) is 0 Å². The van der Waals surface area contributed by atoms with Gasteiger partial charge in [0.15, 0.2) is 0 Å². The Morgan fingerprint density at radius 1 is 1.11 bits per heavy atom. The Morgan fingerprint density at radius 3 is 1.83 bits per heavy atom. The molecule has 18 heavy (non-hydrogen) atoms. The molecule has 0 unspecified atom stereocenters. The minimum Gasteiger partial charge on any atom is -0.299 e. The number of hydrogen-bond acceptors (Lipinski definition) is 3. The van der Waals surface area contributed by atoms with Crippen molar-refractivity contribution in [3.05, 3.63) is 4.91 Å². The van der Waals surface area contributed by atoms with Gasteiger partial charge in [-0.1, -0.05) is 34.6 Å². The van der Waals surface area contributed by atoms with Gasteiger partial charge in [0.1, 0.15) is 5.78 Å². The average Bonchev–Trinajstić information content (AvgIpc) is 2.24. The standard InChI is InChI=1S/C14H28N2O2/c1-9-10-16(15-18)14(7,8)13(5,6)12(3,4)11(2)17/h9-10H2,1-8H3. The predicted octanol–water partition coefficient (Wildman–Crippen LogP) is 3.80. The topological polar surface area (TPSA) is 49.7 Å². The van der Waals surface area contributed by atoms with Crippen LogP contribution in [0.2, 0.25) is 0 Å². The van der Waals surface area contributed by atoms with Crippen molar-refractivity contribution in [1.82, 2.24) is 5.01 Å². The first-order valence-corrected chi connectivity index (χ1v) is 6.58. The third-order valence-electron chi connectivity index (χ3n) is 5.15. The fourth-order valence-corrected chi connectivity index (χ4v) is 2.16. The molecule has 0 aliphatic carbocycles. The second kappa shape index (κ2) is 5.37. The van der Waals surface area contributed by atoms with E-state index in [9.17, 15) is 9.70 Å². The number of Topliss-reactive ketones (excluding diaryl/α,β-unsaturated/α-hetero) is 1. The Labute approximate surface area is 111 Å². The fraction of sp³-hybridized carbons (Fsp3) is 0.929. The summed E-state index contributed by atoms with van der Waals surface area (Å²) in [4.78, 5) is 23.0. The number of ketones is 1. The number of hydrogen-bond donors (Lipinski definition) is 0. The third-order valence-corrected chi connectivity index (χ3v) is 5.15. The Bertz CT molecular complexity index is 320. The Kier molecular flexibility index (Phi) is 5.09. The normalized spacial score (nSPS) is 13.3. The number of nitroso groups, excluding NO2 is 1. The van der Waals surface area contributed by atoms with Crippen molar-refractivity contribution in [3.8, 4) is 0 Å². The van der Waals surface area contributed by atoms with Crippen molar-refractivity contribution in [2.45, 2.75) is 67.3 Å². The molecule has 0 aliphatic rings. The van der Waals surface area contributed by atoms with Crippen LogP contribution < -0.4 is 0 Å². The lowest BCUT2D eigenvalue weighted by atomic mass is 9.57. The molecular formula is C14H28N2O2. The molecule has 0 aliphatic heterocycles. The van der Waals surface area contributed by atoms with Crippen LogP contribution in [0.5, 0.6) is 0 Å². The second-order valence-electron chi connectivity index (χ2n) is 6.57. The molecule has 106 valence electrons. The van der Waals surface area contributed by atoms with E-state index in [1.807, 2.05) is 48.5 Å². The number of carbonyl (C=O) groups is 1. The highest BCUT2D eigenvalue weighted by molar-refractivity contribution is 5.82. The minimum atomic E-state index is -0.521. The molecule has 4 heteroatoms. The van der Waals surface area contributed by atoms with Crippen LogP contribution in [0.1, 0.15) is 61.8 Å².